The van der Waals surface area contributed by atoms with Gasteiger partial charge >= 0.3 is 12.0 Å². The van der Waals surface area contributed by atoms with Crippen molar-refractivity contribution in [3.8, 4) is 11.5 Å². The third kappa shape index (κ3) is 9.02. The van der Waals surface area contributed by atoms with E-state index in [-0.39, 0.29) is 12.5 Å². The number of esters is 1. The highest BCUT2D eigenvalue weighted by Crippen LogP contribution is 2.28. The molecule has 0 saturated heterocycles. The minimum Gasteiger partial charge on any atom is -0.493 e. The van der Waals surface area contributed by atoms with Crippen LogP contribution in [0.4, 0.5) is 4.79 Å². The zero-order chi connectivity index (χ0) is 24.3. The molecule has 1 unspecified atom stereocenters. The molecule has 180 valence electrons. The van der Waals surface area contributed by atoms with Crippen molar-refractivity contribution in [2.24, 2.45) is 11.1 Å². The number of nitrogens with two attached hydrogens (primary N) is 1. The molecule has 0 saturated carbocycles. The lowest BCUT2D eigenvalue weighted by Crippen LogP contribution is -2.45. The average Bonchev–Trinajstić information content (AvgIpc) is 2.80. The summed E-state index contributed by atoms with van der Waals surface area (Å²) in [4.78, 5) is 24.9. The van der Waals surface area contributed by atoms with E-state index in [1.54, 1.807) is 40.0 Å². The number of benzene rings is 2. The molecular weight excluding hydrogens is 422 g/mol. The van der Waals surface area contributed by atoms with Gasteiger partial charge < -0.3 is 30.6 Å². The fourth-order valence-electron chi connectivity index (χ4n) is 2.90. The van der Waals surface area contributed by atoms with Crippen molar-refractivity contribution in [3.63, 3.8) is 0 Å². The Bertz CT molecular complexity index is 897. The van der Waals surface area contributed by atoms with Crippen molar-refractivity contribution in [3.05, 3.63) is 59.7 Å². The van der Waals surface area contributed by atoms with Crippen molar-refractivity contribution < 1.29 is 23.8 Å². The molecule has 2 aromatic carbocycles. The molecule has 0 heterocycles. The molecule has 2 amide bonds. The Morgan fingerprint density at radius 1 is 1.03 bits per heavy atom. The van der Waals surface area contributed by atoms with E-state index in [9.17, 15) is 9.59 Å². The average molecular weight is 458 g/mol. The van der Waals surface area contributed by atoms with Gasteiger partial charge in [-0.25, -0.2) is 4.79 Å². The van der Waals surface area contributed by atoms with E-state index in [1.807, 2.05) is 36.4 Å². The first-order valence-electron chi connectivity index (χ1n) is 11.0. The number of rotatable bonds is 11. The number of amides is 2. The molecule has 0 bridgehead atoms. The highest BCUT2D eigenvalue weighted by atomic mass is 16.6. The number of hydrogen-bond donors (Lipinski definition) is 3. The predicted molar refractivity (Wildman–Crippen MR) is 127 cm³/mol. The zero-order valence-corrected chi connectivity index (χ0v) is 19.9. The van der Waals surface area contributed by atoms with E-state index in [0.717, 1.165) is 11.1 Å². The second-order valence-electron chi connectivity index (χ2n) is 8.62. The van der Waals surface area contributed by atoms with Crippen molar-refractivity contribution >= 4 is 12.0 Å². The first-order chi connectivity index (χ1) is 15.7. The molecule has 0 radical (unpaired) electrons. The number of ether oxygens (including phenoxy) is 3. The molecule has 8 heteroatoms. The van der Waals surface area contributed by atoms with Crippen molar-refractivity contribution in [1.29, 1.82) is 0 Å². The largest absolute Gasteiger partial charge is 0.493 e. The molecule has 33 heavy (non-hydrogen) atoms. The van der Waals surface area contributed by atoms with Gasteiger partial charge in [-0.15, -0.1) is 0 Å². The molecule has 4 N–H and O–H groups in total. The minimum atomic E-state index is -0.751. The maximum Gasteiger partial charge on any atom is 0.317 e. The van der Waals surface area contributed by atoms with Gasteiger partial charge in [0.2, 0.25) is 0 Å². The molecule has 0 aliphatic heterocycles. The van der Waals surface area contributed by atoms with Crippen LogP contribution in [-0.2, 0) is 22.5 Å². The summed E-state index contributed by atoms with van der Waals surface area (Å²) in [5.74, 6) is 0.771. The van der Waals surface area contributed by atoms with Crippen molar-refractivity contribution in [2.75, 3.05) is 20.3 Å². The van der Waals surface area contributed by atoms with Crippen LogP contribution < -0.4 is 25.8 Å². The number of urea groups is 1. The van der Waals surface area contributed by atoms with E-state index in [2.05, 4.69) is 10.6 Å². The molecule has 2 aromatic rings. The Morgan fingerprint density at radius 3 is 2.39 bits per heavy atom. The summed E-state index contributed by atoms with van der Waals surface area (Å²) >= 11 is 0. The van der Waals surface area contributed by atoms with Gasteiger partial charge in [-0.3, -0.25) is 4.79 Å². The summed E-state index contributed by atoms with van der Waals surface area (Å²) in [6.45, 7) is 6.37. The van der Waals surface area contributed by atoms with E-state index in [1.165, 1.54) is 0 Å². The standard InChI is InChI=1S/C25H35N3O5/c1-25(2,3)23(29)33-22(13-11-18-8-6-5-7-9-18)28-24(30)27-17-19-10-12-20(32-15-14-26)21(16-19)31-4/h5-10,12,16,22H,11,13-15,17,26H2,1-4H3,(H2,27,28,30). The number of nitrogens with one attached hydrogen (secondary N) is 2. The molecule has 8 nitrogen and oxygen atoms in total. The van der Waals surface area contributed by atoms with Gasteiger partial charge in [0.05, 0.1) is 12.5 Å². The van der Waals surface area contributed by atoms with Crippen LogP contribution in [0.25, 0.3) is 0 Å². The number of hydrogen-bond acceptors (Lipinski definition) is 6. The molecule has 0 spiro atoms. The molecule has 0 aliphatic rings. The lowest BCUT2D eigenvalue weighted by atomic mass is 9.97. The van der Waals surface area contributed by atoms with Crippen LogP contribution in [0.1, 0.15) is 38.3 Å². The molecule has 0 aliphatic carbocycles. The third-order valence-electron chi connectivity index (χ3n) is 4.75. The Balaban J connectivity index is 1.97. The first kappa shape index (κ1) is 26.0. The fraction of sp³-hybridized carbons (Fsp3) is 0.440. The summed E-state index contributed by atoms with van der Waals surface area (Å²) < 4.78 is 16.5. The van der Waals surface area contributed by atoms with Crippen LogP contribution in [-0.4, -0.2) is 38.5 Å². The highest BCUT2D eigenvalue weighted by molar-refractivity contribution is 5.77. The first-order valence-corrected chi connectivity index (χ1v) is 11.0. The van der Waals surface area contributed by atoms with Crippen LogP contribution in [0, 0.1) is 5.41 Å². The van der Waals surface area contributed by atoms with Crippen LogP contribution >= 0.6 is 0 Å². The lowest BCUT2D eigenvalue weighted by molar-refractivity contribution is -0.159. The van der Waals surface area contributed by atoms with Gasteiger partial charge in [0.15, 0.2) is 17.7 Å². The van der Waals surface area contributed by atoms with E-state index >= 15 is 0 Å². The molecule has 2 rings (SSSR count). The summed E-state index contributed by atoms with van der Waals surface area (Å²) in [6.07, 6.45) is 0.365. The normalized spacial score (nSPS) is 11.9. The van der Waals surface area contributed by atoms with Gasteiger partial charge in [-0.1, -0.05) is 36.4 Å². The minimum absolute atomic E-state index is 0.262. The van der Waals surface area contributed by atoms with Crippen LogP contribution in [0.2, 0.25) is 0 Å². The third-order valence-corrected chi connectivity index (χ3v) is 4.75. The summed E-state index contributed by atoms with van der Waals surface area (Å²) in [5, 5.41) is 5.56. The molecular formula is C25H35N3O5. The van der Waals surface area contributed by atoms with Crippen LogP contribution in [0.5, 0.6) is 11.5 Å². The van der Waals surface area contributed by atoms with Gasteiger partial charge in [0.25, 0.3) is 0 Å². The quantitative estimate of drug-likeness (QED) is 0.352. The van der Waals surface area contributed by atoms with E-state index < -0.39 is 17.7 Å². The Morgan fingerprint density at radius 2 is 1.76 bits per heavy atom. The maximum atomic E-state index is 12.5. The van der Waals surface area contributed by atoms with Crippen LogP contribution in [0.3, 0.4) is 0 Å². The summed E-state index contributed by atoms with van der Waals surface area (Å²) in [7, 11) is 1.55. The summed E-state index contributed by atoms with van der Waals surface area (Å²) in [5.41, 5.74) is 6.73. The predicted octanol–water partition coefficient (Wildman–Crippen LogP) is 3.38. The van der Waals surface area contributed by atoms with Crippen LogP contribution in [0.15, 0.2) is 48.5 Å². The number of aryl methyl sites for hydroxylation is 1. The molecule has 0 aromatic heterocycles. The number of methoxy groups -OCH3 is 1. The second kappa shape index (κ2) is 12.7. The van der Waals surface area contributed by atoms with E-state index in [0.29, 0.717) is 37.5 Å². The van der Waals surface area contributed by atoms with Gasteiger partial charge in [-0.2, -0.15) is 0 Å². The van der Waals surface area contributed by atoms with Gasteiger partial charge in [0, 0.05) is 19.5 Å². The molecule has 1 atom stereocenters. The number of carbonyl (C=O) groups is 2. The van der Waals surface area contributed by atoms with E-state index in [4.69, 9.17) is 19.9 Å². The molecule has 0 fully saturated rings. The lowest BCUT2D eigenvalue weighted by Gasteiger charge is -2.24. The second-order valence-corrected chi connectivity index (χ2v) is 8.62. The van der Waals surface area contributed by atoms with Gasteiger partial charge in [-0.05, 0) is 50.5 Å². The maximum absolute atomic E-state index is 12.5. The number of carbonyl (C=O) groups excluding carboxylic acids is 2. The topological polar surface area (TPSA) is 112 Å². The SMILES string of the molecule is COc1cc(CNC(=O)NC(CCc2ccccc2)OC(=O)C(C)(C)C)ccc1OCCN. The van der Waals surface area contributed by atoms with Crippen molar-refractivity contribution in [2.45, 2.75) is 46.4 Å². The monoisotopic (exact) mass is 457 g/mol. The van der Waals surface area contributed by atoms with Crippen molar-refractivity contribution in [1.82, 2.24) is 10.6 Å². The Kier molecular flexibility index (Phi) is 10.00. The highest BCUT2D eigenvalue weighted by Gasteiger charge is 2.27. The summed E-state index contributed by atoms with van der Waals surface area (Å²) in [6, 6.07) is 14.8. The Labute approximate surface area is 195 Å². The zero-order valence-electron chi connectivity index (χ0n) is 19.9. The Hall–Kier alpha value is -3.26. The smallest absolute Gasteiger partial charge is 0.317 e. The fourth-order valence-corrected chi connectivity index (χ4v) is 2.90. The van der Waals surface area contributed by atoms with Gasteiger partial charge in [0.1, 0.15) is 6.61 Å².